The lowest BCUT2D eigenvalue weighted by molar-refractivity contribution is -0.0682. The topological polar surface area (TPSA) is 63.5 Å². The Hall–Kier alpha value is -2.24. The standard InChI is InChI=1S/C32H50N2O3/c1-14-33-19-26(35)34-36-27-22(15-20(29(2,3)4)17-24(27)31(8,9)10)23-16-21(30(5,6)7)18-25(28(23)37-34)32(11,12)13/h15-18,26,33,35H,14,19H2,1-13H3. The lowest BCUT2D eigenvalue weighted by Gasteiger charge is -2.26. The van der Waals surface area contributed by atoms with Gasteiger partial charge in [0.25, 0.3) is 0 Å². The van der Waals surface area contributed by atoms with Crippen molar-refractivity contribution in [1.29, 1.82) is 0 Å². The van der Waals surface area contributed by atoms with Gasteiger partial charge in [0, 0.05) is 28.4 Å². The highest BCUT2D eigenvalue weighted by molar-refractivity contribution is 6.04. The van der Waals surface area contributed by atoms with Crippen molar-refractivity contribution < 1.29 is 14.2 Å². The van der Waals surface area contributed by atoms with E-state index >= 15 is 0 Å². The molecule has 0 aliphatic rings. The van der Waals surface area contributed by atoms with Crippen molar-refractivity contribution in [3.63, 3.8) is 0 Å². The predicted molar refractivity (Wildman–Crippen MR) is 156 cm³/mol. The van der Waals surface area contributed by atoms with Crippen molar-refractivity contribution in [3.05, 3.63) is 46.5 Å². The minimum atomic E-state index is -0.996. The molecule has 2 N–H and O–H groups in total. The minimum absolute atomic E-state index is 0.0545. The molecule has 0 aliphatic heterocycles. The summed E-state index contributed by atoms with van der Waals surface area (Å²) in [6, 6.07) is 9.03. The quantitative estimate of drug-likeness (QED) is 0.370. The molecule has 37 heavy (non-hydrogen) atoms. The monoisotopic (exact) mass is 510 g/mol. The molecule has 206 valence electrons. The molecule has 0 fully saturated rings. The van der Waals surface area contributed by atoms with Crippen LogP contribution in [0.1, 0.15) is 118 Å². The molecule has 0 saturated heterocycles. The summed E-state index contributed by atoms with van der Waals surface area (Å²) in [6.07, 6.45) is -0.996. The van der Waals surface area contributed by atoms with Crippen molar-refractivity contribution in [3.8, 4) is 0 Å². The van der Waals surface area contributed by atoms with Gasteiger partial charge in [0.15, 0.2) is 11.2 Å². The molecule has 1 aromatic heterocycles. The van der Waals surface area contributed by atoms with E-state index in [0.29, 0.717) is 6.54 Å². The molecule has 0 radical (unpaired) electrons. The minimum Gasteiger partial charge on any atom is -0.367 e. The zero-order valence-electron chi connectivity index (χ0n) is 25.5. The van der Waals surface area contributed by atoms with Crippen LogP contribution in [0.4, 0.5) is 0 Å². The number of nitrogens with one attached hydrogen (secondary N) is 1. The molecule has 0 spiro atoms. The second-order valence-corrected chi connectivity index (χ2v) is 14.6. The Balaban J connectivity index is 2.72. The molecule has 1 atom stereocenters. The van der Waals surface area contributed by atoms with Gasteiger partial charge < -0.3 is 19.5 Å². The van der Waals surface area contributed by atoms with Crippen molar-refractivity contribution in [1.82, 2.24) is 10.2 Å². The normalized spacial score (nSPS) is 14.4. The summed E-state index contributed by atoms with van der Waals surface area (Å²) in [7, 11) is 0. The first-order valence-corrected chi connectivity index (χ1v) is 13.7. The fraction of sp³-hybridized carbons (Fsp3) is 0.625. The third kappa shape index (κ3) is 6.26. The van der Waals surface area contributed by atoms with Gasteiger partial charge in [-0.1, -0.05) is 102 Å². The first-order chi connectivity index (χ1) is 16.7. The number of benzene rings is 2. The summed E-state index contributed by atoms with van der Waals surface area (Å²) in [5, 5.41) is 16.4. The van der Waals surface area contributed by atoms with Gasteiger partial charge in [-0.3, -0.25) is 0 Å². The number of aromatic nitrogens is 1. The molecular formula is C32H50N2O3. The van der Waals surface area contributed by atoms with Crippen LogP contribution in [0.2, 0.25) is 0 Å². The third-order valence-electron chi connectivity index (χ3n) is 7.00. The largest absolute Gasteiger partial charge is 0.367 e. The van der Waals surface area contributed by atoms with E-state index in [2.05, 4.69) is 113 Å². The van der Waals surface area contributed by atoms with Crippen molar-refractivity contribution in [2.75, 3.05) is 13.1 Å². The molecule has 2 aromatic carbocycles. The van der Waals surface area contributed by atoms with Crippen molar-refractivity contribution >= 4 is 21.9 Å². The predicted octanol–water partition coefficient (Wildman–Crippen LogP) is 8.40. The summed E-state index contributed by atoms with van der Waals surface area (Å²) in [6.45, 7) is 29.8. The van der Waals surface area contributed by atoms with Crippen LogP contribution in [0.15, 0.2) is 33.3 Å². The average Bonchev–Trinajstić information content (AvgIpc) is 2.90. The van der Waals surface area contributed by atoms with E-state index in [-0.39, 0.29) is 21.7 Å². The number of aliphatic hydroxyl groups excluding tert-OH is 1. The second kappa shape index (κ2) is 9.81. The van der Waals surface area contributed by atoms with Crippen molar-refractivity contribution in [2.24, 2.45) is 0 Å². The van der Waals surface area contributed by atoms with Gasteiger partial charge in [-0.05, 0) is 56.4 Å². The van der Waals surface area contributed by atoms with Gasteiger partial charge in [-0.15, -0.1) is 0 Å². The Morgan fingerprint density at radius 2 is 1.05 bits per heavy atom. The molecule has 3 rings (SSSR count). The summed E-state index contributed by atoms with van der Waals surface area (Å²) in [5.74, 6) is 0. The van der Waals surface area contributed by atoms with Gasteiger partial charge in [0.1, 0.15) is 0 Å². The maximum atomic E-state index is 11.1. The lowest BCUT2D eigenvalue weighted by Crippen LogP contribution is -2.24. The highest BCUT2D eigenvalue weighted by Gasteiger charge is 2.29. The number of rotatable bonds is 4. The van der Waals surface area contributed by atoms with E-state index in [1.54, 1.807) is 0 Å². The van der Waals surface area contributed by atoms with Crippen LogP contribution in [-0.2, 0) is 21.7 Å². The SMILES string of the molecule is CCNCC(O)n1oc2c(C(C)(C)C)cc(C(C)(C)C)cc2c2cc(C(C)(C)C)cc(C(C)(C)C)c2o1. The van der Waals surface area contributed by atoms with Gasteiger partial charge >= 0.3 is 0 Å². The van der Waals surface area contributed by atoms with Gasteiger partial charge in [0.2, 0.25) is 6.23 Å². The Morgan fingerprint density at radius 1 is 0.676 bits per heavy atom. The molecule has 5 nitrogen and oxygen atoms in total. The molecule has 0 bridgehead atoms. The number of fused-ring (bicyclic) bond motifs is 3. The average molecular weight is 511 g/mol. The highest BCUT2D eigenvalue weighted by Crippen LogP contribution is 2.41. The smallest absolute Gasteiger partial charge is 0.209 e. The van der Waals surface area contributed by atoms with E-state index in [1.165, 1.54) is 16.0 Å². The van der Waals surface area contributed by atoms with Gasteiger partial charge in [-0.2, -0.15) is 0 Å². The number of aliphatic hydroxyl groups is 1. The van der Waals surface area contributed by atoms with E-state index in [1.807, 2.05) is 6.92 Å². The molecule has 1 heterocycles. The zero-order valence-corrected chi connectivity index (χ0v) is 25.5. The number of nitrogens with zero attached hydrogens (tertiary/aromatic N) is 1. The first-order valence-electron chi connectivity index (χ1n) is 13.7. The molecule has 3 aromatic rings. The number of hydrogen-bond donors (Lipinski definition) is 2. The summed E-state index contributed by atoms with van der Waals surface area (Å²) in [4.78, 5) is 1.28. The van der Waals surface area contributed by atoms with Crippen LogP contribution in [-0.4, -0.2) is 23.1 Å². The zero-order chi connectivity index (χ0) is 28.1. The molecule has 5 heteroatoms. The molecule has 0 saturated carbocycles. The fourth-order valence-electron chi connectivity index (χ4n) is 4.50. The van der Waals surface area contributed by atoms with Crippen LogP contribution >= 0.6 is 0 Å². The van der Waals surface area contributed by atoms with Crippen LogP contribution in [0.5, 0.6) is 0 Å². The second-order valence-electron chi connectivity index (χ2n) is 14.6. The molecule has 0 aliphatic carbocycles. The van der Waals surface area contributed by atoms with E-state index in [4.69, 9.17) is 9.05 Å². The van der Waals surface area contributed by atoms with Gasteiger partial charge in [-0.25, -0.2) is 0 Å². The number of hydrogen-bond acceptors (Lipinski definition) is 4. The van der Waals surface area contributed by atoms with Crippen LogP contribution in [0.25, 0.3) is 21.9 Å². The summed E-state index contributed by atoms with van der Waals surface area (Å²) >= 11 is 0. The Kier molecular flexibility index (Phi) is 7.78. The highest BCUT2D eigenvalue weighted by atomic mass is 16.7. The molecular weight excluding hydrogens is 460 g/mol. The van der Waals surface area contributed by atoms with E-state index < -0.39 is 6.23 Å². The van der Waals surface area contributed by atoms with Crippen LogP contribution < -0.4 is 5.32 Å². The first kappa shape index (κ1) is 29.3. The third-order valence-corrected chi connectivity index (χ3v) is 7.00. The number of likely N-dealkylation sites (N-methyl/N-ethyl adjacent to an activating group) is 1. The summed E-state index contributed by atoms with van der Waals surface area (Å²) < 4.78 is 13.1. The molecule has 0 amide bonds. The van der Waals surface area contributed by atoms with E-state index in [9.17, 15) is 5.11 Å². The maximum absolute atomic E-state index is 11.1. The Morgan fingerprint density at radius 3 is 1.35 bits per heavy atom. The maximum Gasteiger partial charge on any atom is 0.209 e. The van der Waals surface area contributed by atoms with E-state index in [0.717, 1.165) is 39.6 Å². The van der Waals surface area contributed by atoms with Crippen LogP contribution in [0, 0.1) is 0 Å². The summed E-state index contributed by atoms with van der Waals surface area (Å²) in [5.41, 5.74) is 5.64. The fourth-order valence-corrected chi connectivity index (χ4v) is 4.50. The van der Waals surface area contributed by atoms with Crippen LogP contribution in [0.3, 0.4) is 0 Å². The van der Waals surface area contributed by atoms with Crippen molar-refractivity contribution in [2.45, 2.75) is 118 Å². The Bertz CT molecular complexity index is 1210. The molecule has 1 unspecified atom stereocenters. The Labute approximate surface area is 223 Å². The van der Waals surface area contributed by atoms with Gasteiger partial charge in [0.05, 0.1) is 0 Å². The lowest BCUT2D eigenvalue weighted by atomic mass is 9.77.